The molecule has 0 spiro atoms. The van der Waals surface area contributed by atoms with Gasteiger partial charge >= 0.3 is 11.9 Å². The van der Waals surface area contributed by atoms with Crippen molar-refractivity contribution in [3.8, 4) is 0 Å². The van der Waals surface area contributed by atoms with Crippen LogP contribution in [0, 0.1) is 5.92 Å². The van der Waals surface area contributed by atoms with Crippen LogP contribution in [0.1, 0.15) is 71.6 Å². The van der Waals surface area contributed by atoms with Crippen LogP contribution in [0.25, 0.3) is 0 Å². The lowest BCUT2D eigenvalue weighted by atomic mass is 9.95. The van der Waals surface area contributed by atoms with Crippen LogP contribution in [0.2, 0.25) is 0 Å². The van der Waals surface area contributed by atoms with Crippen molar-refractivity contribution < 1.29 is 19.1 Å². The number of carbonyl (C=O) groups is 2. The first-order valence-corrected chi connectivity index (χ1v) is 7.89. The van der Waals surface area contributed by atoms with Gasteiger partial charge in [0, 0.05) is 6.42 Å². The van der Waals surface area contributed by atoms with Crippen LogP contribution < -0.4 is 0 Å². The van der Waals surface area contributed by atoms with E-state index in [1.165, 1.54) is 32.8 Å². The standard InChI is InChI=1S/C16H30O4/c1-4-6-7-8-9-11-14(16(18)19-3)12-10-13-15(17)20-5-2/h14H,4-13H2,1-3H3. The lowest BCUT2D eigenvalue weighted by Crippen LogP contribution is -2.17. The van der Waals surface area contributed by atoms with E-state index in [1.807, 2.05) is 0 Å². The van der Waals surface area contributed by atoms with Gasteiger partial charge in [0.15, 0.2) is 0 Å². The van der Waals surface area contributed by atoms with Gasteiger partial charge in [0.1, 0.15) is 0 Å². The Morgan fingerprint density at radius 2 is 1.60 bits per heavy atom. The number of unbranched alkanes of at least 4 members (excludes halogenated alkanes) is 4. The number of ether oxygens (including phenoxy) is 2. The zero-order valence-corrected chi connectivity index (χ0v) is 13.3. The van der Waals surface area contributed by atoms with Crippen molar-refractivity contribution >= 4 is 11.9 Å². The summed E-state index contributed by atoms with van der Waals surface area (Å²) in [7, 11) is 1.43. The Morgan fingerprint density at radius 3 is 2.20 bits per heavy atom. The number of rotatable bonds is 12. The molecular formula is C16H30O4. The molecule has 0 N–H and O–H groups in total. The lowest BCUT2D eigenvalue weighted by molar-refractivity contribution is -0.147. The van der Waals surface area contributed by atoms with Crippen LogP contribution in [0.15, 0.2) is 0 Å². The SMILES string of the molecule is CCCCCCCC(CCCC(=O)OCC)C(=O)OC. The molecule has 20 heavy (non-hydrogen) atoms. The largest absolute Gasteiger partial charge is 0.469 e. The van der Waals surface area contributed by atoms with E-state index in [9.17, 15) is 9.59 Å². The molecule has 0 aromatic heterocycles. The molecular weight excluding hydrogens is 256 g/mol. The quantitative estimate of drug-likeness (QED) is 0.404. The summed E-state index contributed by atoms with van der Waals surface area (Å²) in [6.45, 7) is 4.40. The van der Waals surface area contributed by atoms with Crippen molar-refractivity contribution in [3.05, 3.63) is 0 Å². The number of hydrogen-bond donors (Lipinski definition) is 0. The third kappa shape index (κ3) is 9.82. The van der Waals surface area contributed by atoms with Gasteiger partial charge < -0.3 is 9.47 Å². The van der Waals surface area contributed by atoms with Gasteiger partial charge in [-0.3, -0.25) is 9.59 Å². The molecule has 0 radical (unpaired) electrons. The summed E-state index contributed by atoms with van der Waals surface area (Å²) < 4.78 is 9.72. The number of esters is 2. The Labute approximate surface area is 123 Å². The number of hydrogen-bond acceptors (Lipinski definition) is 4. The van der Waals surface area contributed by atoms with Crippen LogP contribution in [-0.4, -0.2) is 25.7 Å². The summed E-state index contributed by atoms with van der Waals surface area (Å²) in [5.41, 5.74) is 0. The van der Waals surface area contributed by atoms with E-state index in [2.05, 4.69) is 6.92 Å². The minimum absolute atomic E-state index is 0.0731. The van der Waals surface area contributed by atoms with Crippen LogP contribution in [0.3, 0.4) is 0 Å². The average molecular weight is 286 g/mol. The Bertz CT molecular complexity index is 263. The summed E-state index contributed by atoms with van der Waals surface area (Å²) in [6, 6.07) is 0. The maximum atomic E-state index is 11.7. The van der Waals surface area contributed by atoms with Crippen molar-refractivity contribution in [2.45, 2.75) is 71.6 Å². The molecule has 0 heterocycles. The maximum absolute atomic E-state index is 11.7. The lowest BCUT2D eigenvalue weighted by Gasteiger charge is -2.14. The van der Waals surface area contributed by atoms with Gasteiger partial charge in [0.05, 0.1) is 19.6 Å². The Morgan fingerprint density at radius 1 is 0.950 bits per heavy atom. The molecule has 118 valence electrons. The predicted molar refractivity (Wildman–Crippen MR) is 79.4 cm³/mol. The molecule has 0 aliphatic carbocycles. The first kappa shape index (κ1) is 18.9. The van der Waals surface area contributed by atoms with E-state index >= 15 is 0 Å². The summed E-state index contributed by atoms with van der Waals surface area (Å²) >= 11 is 0. The molecule has 4 heteroatoms. The molecule has 0 rings (SSSR count). The zero-order chi connectivity index (χ0) is 15.2. The van der Waals surface area contributed by atoms with E-state index in [0.717, 1.165) is 12.8 Å². The van der Waals surface area contributed by atoms with Crippen molar-refractivity contribution in [3.63, 3.8) is 0 Å². The molecule has 4 nitrogen and oxygen atoms in total. The zero-order valence-electron chi connectivity index (χ0n) is 13.3. The van der Waals surface area contributed by atoms with Crippen molar-refractivity contribution in [1.29, 1.82) is 0 Å². The minimum atomic E-state index is -0.181. The fourth-order valence-electron chi connectivity index (χ4n) is 2.27. The highest BCUT2D eigenvalue weighted by atomic mass is 16.5. The second-order valence-corrected chi connectivity index (χ2v) is 5.12. The third-order valence-corrected chi connectivity index (χ3v) is 3.43. The van der Waals surface area contributed by atoms with Crippen LogP contribution in [0.5, 0.6) is 0 Å². The van der Waals surface area contributed by atoms with E-state index in [-0.39, 0.29) is 17.9 Å². The molecule has 0 aliphatic heterocycles. The van der Waals surface area contributed by atoms with Gasteiger partial charge in [-0.2, -0.15) is 0 Å². The highest BCUT2D eigenvalue weighted by Gasteiger charge is 2.18. The predicted octanol–water partition coefficient (Wildman–Crippen LogP) is 3.87. The number of methoxy groups -OCH3 is 1. The van der Waals surface area contributed by atoms with Gasteiger partial charge in [0.2, 0.25) is 0 Å². The summed E-state index contributed by atoms with van der Waals surface area (Å²) in [4.78, 5) is 23.0. The van der Waals surface area contributed by atoms with Gasteiger partial charge in [0.25, 0.3) is 0 Å². The fourth-order valence-corrected chi connectivity index (χ4v) is 2.27. The summed E-state index contributed by atoms with van der Waals surface area (Å²) in [5.74, 6) is -0.403. The van der Waals surface area contributed by atoms with E-state index in [0.29, 0.717) is 25.9 Å². The molecule has 0 aliphatic rings. The second kappa shape index (κ2) is 12.9. The number of carbonyl (C=O) groups excluding carboxylic acids is 2. The first-order valence-electron chi connectivity index (χ1n) is 7.89. The van der Waals surface area contributed by atoms with Gasteiger partial charge in [-0.25, -0.2) is 0 Å². The Hall–Kier alpha value is -1.06. The molecule has 0 aromatic rings. The molecule has 0 amide bonds. The normalized spacial score (nSPS) is 11.9. The molecule has 0 aromatic carbocycles. The Kier molecular flexibility index (Phi) is 12.3. The molecule has 0 saturated heterocycles. The van der Waals surface area contributed by atoms with Crippen molar-refractivity contribution in [2.75, 3.05) is 13.7 Å². The van der Waals surface area contributed by atoms with Crippen LogP contribution in [0.4, 0.5) is 0 Å². The van der Waals surface area contributed by atoms with Crippen molar-refractivity contribution in [2.24, 2.45) is 5.92 Å². The van der Waals surface area contributed by atoms with Crippen LogP contribution in [-0.2, 0) is 19.1 Å². The highest BCUT2D eigenvalue weighted by molar-refractivity contribution is 5.72. The fraction of sp³-hybridized carbons (Fsp3) is 0.875. The van der Waals surface area contributed by atoms with Crippen LogP contribution >= 0.6 is 0 Å². The summed E-state index contributed by atoms with van der Waals surface area (Å²) in [6.07, 6.45) is 8.57. The smallest absolute Gasteiger partial charge is 0.308 e. The van der Waals surface area contributed by atoms with E-state index in [1.54, 1.807) is 6.92 Å². The minimum Gasteiger partial charge on any atom is -0.469 e. The van der Waals surface area contributed by atoms with E-state index < -0.39 is 0 Å². The molecule has 0 bridgehead atoms. The molecule has 0 fully saturated rings. The van der Waals surface area contributed by atoms with Crippen molar-refractivity contribution in [1.82, 2.24) is 0 Å². The maximum Gasteiger partial charge on any atom is 0.308 e. The topological polar surface area (TPSA) is 52.6 Å². The molecule has 1 unspecified atom stereocenters. The third-order valence-electron chi connectivity index (χ3n) is 3.43. The first-order chi connectivity index (χ1) is 9.65. The second-order valence-electron chi connectivity index (χ2n) is 5.12. The molecule has 1 atom stereocenters. The van der Waals surface area contributed by atoms with Gasteiger partial charge in [-0.05, 0) is 26.2 Å². The van der Waals surface area contributed by atoms with Gasteiger partial charge in [-0.1, -0.05) is 39.0 Å². The Balaban J connectivity index is 3.90. The highest BCUT2D eigenvalue weighted by Crippen LogP contribution is 2.19. The average Bonchev–Trinajstić information content (AvgIpc) is 2.44. The monoisotopic (exact) mass is 286 g/mol. The van der Waals surface area contributed by atoms with E-state index in [4.69, 9.17) is 9.47 Å². The van der Waals surface area contributed by atoms with Gasteiger partial charge in [-0.15, -0.1) is 0 Å². The molecule has 0 saturated carbocycles. The summed E-state index contributed by atoms with van der Waals surface area (Å²) in [5, 5.41) is 0.